The van der Waals surface area contributed by atoms with Gasteiger partial charge in [0.05, 0.1) is 12.6 Å². The molecule has 0 radical (unpaired) electrons. The van der Waals surface area contributed by atoms with Crippen LogP contribution in [0.4, 0.5) is 0 Å². The molecule has 2 atom stereocenters. The zero-order valence-electron chi connectivity index (χ0n) is 19.8. The fourth-order valence-electron chi connectivity index (χ4n) is 4.68. The Morgan fingerprint density at radius 2 is 2.19 bits per heavy atom. The lowest BCUT2D eigenvalue weighted by atomic mass is 9.94. The zero-order chi connectivity index (χ0) is 22.8. The van der Waals surface area contributed by atoms with Crippen molar-refractivity contribution in [3.05, 3.63) is 53.0 Å². The molecular weight excluding hydrogens is 402 g/mol. The topological polar surface area (TPSA) is 75.3 Å². The van der Waals surface area contributed by atoms with Crippen molar-refractivity contribution in [1.29, 1.82) is 0 Å². The van der Waals surface area contributed by atoms with Crippen molar-refractivity contribution in [2.75, 3.05) is 27.2 Å². The number of likely N-dealkylation sites (N-methyl/N-ethyl adjacent to an activating group) is 1. The summed E-state index contributed by atoms with van der Waals surface area (Å²) in [5, 5.41) is 12.3. The molecule has 3 aromatic rings. The number of aromatic nitrogens is 2. The van der Waals surface area contributed by atoms with Gasteiger partial charge in [-0.05, 0) is 57.0 Å². The molecule has 0 fully saturated rings. The van der Waals surface area contributed by atoms with Crippen molar-refractivity contribution in [3.8, 4) is 0 Å². The molecule has 4 rings (SSSR count). The van der Waals surface area contributed by atoms with E-state index < -0.39 is 0 Å². The van der Waals surface area contributed by atoms with Gasteiger partial charge in [0.2, 0.25) is 5.91 Å². The first-order valence-corrected chi connectivity index (χ1v) is 11.5. The molecular formula is C25H35N5O2. The van der Waals surface area contributed by atoms with E-state index in [1.807, 2.05) is 27.1 Å². The predicted octanol–water partition coefficient (Wildman–Crippen LogP) is 3.27. The lowest BCUT2D eigenvalue weighted by Crippen LogP contribution is -2.47. The summed E-state index contributed by atoms with van der Waals surface area (Å²) in [6.45, 7) is 8.50. The Labute approximate surface area is 190 Å². The summed E-state index contributed by atoms with van der Waals surface area (Å²) in [4.78, 5) is 15.2. The highest BCUT2D eigenvalue weighted by Crippen LogP contribution is 2.36. The molecule has 1 amide bonds. The van der Waals surface area contributed by atoms with Gasteiger partial charge in [0.25, 0.3) is 0 Å². The standard InChI is InChI=1S/C25H35N5O2/c1-16(2)11-21-20-7-6-8-23-24(20)18(14-30(23)15-19-12-17(3)32-28-19)13-22(27-21)25(31)26-9-10-29(4)5/h6-8,12,14,16,21-22,27H,9-11,13,15H2,1-5H3,(H,26,31)/t21-,22-/m0/s1. The van der Waals surface area contributed by atoms with Crippen LogP contribution in [0.25, 0.3) is 10.9 Å². The Morgan fingerprint density at radius 3 is 2.88 bits per heavy atom. The highest BCUT2D eigenvalue weighted by Gasteiger charge is 2.30. The van der Waals surface area contributed by atoms with E-state index >= 15 is 0 Å². The Bertz CT molecular complexity index is 1080. The van der Waals surface area contributed by atoms with Crippen molar-refractivity contribution >= 4 is 16.8 Å². The molecule has 0 spiro atoms. The number of carbonyl (C=O) groups is 1. The monoisotopic (exact) mass is 437 g/mol. The van der Waals surface area contributed by atoms with Gasteiger partial charge in [-0.3, -0.25) is 10.1 Å². The minimum Gasteiger partial charge on any atom is -0.361 e. The molecule has 0 saturated heterocycles. The third-order valence-corrected chi connectivity index (χ3v) is 6.11. The number of nitrogens with one attached hydrogen (secondary N) is 2. The van der Waals surface area contributed by atoms with Crippen LogP contribution in [-0.4, -0.2) is 53.8 Å². The second-order valence-electron chi connectivity index (χ2n) is 9.65. The second-order valence-corrected chi connectivity index (χ2v) is 9.65. The van der Waals surface area contributed by atoms with E-state index in [4.69, 9.17) is 4.52 Å². The minimum absolute atomic E-state index is 0.0708. The highest BCUT2D eigenvalue weighted by atomic mass is 16.5. The summed E-state index contributed by atoms with van der Waals surface area (Å²) >= 11 is 0. The zero-order valence-corrected chi connectivity index (χ0v) is 19.8. The summed E-state index contributed by atoms with van der Waals surface area (Å²) in [6.07, 6.45) is 3.84. The van der Waals surface area contributed by atoms with E-state index in [0.717, 1.165) is 24.4 Å². The van der Waals surface area contributed by atoms with Crippen LogP contribution in [0, 0.1) is 12.8 Å². The molecule has 0 saturated carbocycles. The number of benzene rings is 1. The van der Waals surface area contributed by atoms with Crippen LogP contribution in [0.3, 0.4) is 0 Å². The number of carbonyl (C=O) groups excluding carboxylic acids is 1. The van der Waals surface area contributed by atoms with E-state index in [2.05, 4.69) is 63.5 Å². The van der Waals surface area contributed by atoms with Gasteiger partial charge in [-0.2, -0.15) is 0 Å². The predicted molar refractivity (Wildman–Crippen MR) is 127 cm³/mol. The molecule has 0 unspecified atom stereocenters. The Kier molecular flexibility index (Phi) is 6.67. The summed E-state index contributed by atoms with van der Waals surface area (Å²) in [5.74, 6) is 1.40. The van der Waals surface area contributed by atoms with Crippen molar-refractivity contribution in [2.24, 2.45) is 5.92 Å². The Balaban J connectivity index is 1.69. The average Bonchev–Trinajstić information content (AvgIpc) is 3.25. The van der Waals surface area contributed by atoms with E-state index in [0.29, 0.717) is 25.4 Å². The lowest BCUT2D eigenvalue weighted by Gasteiger charge is -2.25. The number of rotatable bonds is 8. The van der Waals surface area contributed by atoms with Gasteiger partial charge in [-0.15, -0.1) is 0 Å². The summed E-state index contributed by atoms with van der Waals surface area (Å²) in [6, 6.07) is 8.35. The molecule has 7 nitrogen and oxygen atoms in total. The molecule has 0 bridgehead atoms. The molecule has 1 aliphatic rings. The number of amides is 1. The van der Waals surface area contributed by atoms with Crippen molar-refractivity contribution in [1.82, 2.24) is 25.3 Å². The summed E-state index contributed by atoms with van der Waals surface area (Å²) in [5.41, 5.74) is 4.58. The quantitative estimate of drug-likeness (QED) is 0.566. The van der Waals surface area contributed by atoms with E-state index in [-0.39, 0.29) is 18.0 Å². The summed E-state index contributed by atoms with van der Waals surface area (Å²) in [7, 11) is 4.03. The van der Waals surface area contributed by atoms with Crippen LogP contribution >= 0.6 is 0 Å². The molecule has 172 valence electrons. The largest absolute Gasteiger partial charge is 0.361 e. The molecule has 32 heavy (non-hydrogen) atoms. The van der Waals surface area contributed by atoms with Crippen molar-refractivity contribution < 1.29 is 9.32 Å². The van der Waals surface area contributed by atoms with Crippen LogP contribution in [0.2, 0.25) is 0 Å². The van der Waals surface area contributed by atoms with Gasteiger partial charge in [0.15, 0.2) is 0 Å². The molecule has 0 aliphatic carbocycles. The van der Waals surface area contributed by atoms with Gasteiger partial charge in [0, 0.05) is 42.3 Å². The third kappa shape index (κ3) is 4.89. The highest BCUT2D eigenvalue weighted by molar-refractivity contribution is 5.90. The first-order valence-electron chi connectivity index (χ1n) is 11.5. The molecule has 1 aromatic carbocycles. The minimum atomic E-state index is -0.262. The van der Waals surface area contributed by atoms with E-state index in [1.54, 1.807) is 0 Å². The Hall–Kier alpha value is -2.64. The summed E-state index contributed by atoms with van der Waals surface area (Å²) < 4.78 is 7.51. The third-order valence-electron chi connectivity index (χ3n) is 6.11. The van der Waals surface area contributed by atoms with Crippen LogP contribution in [0.15, 0.2) is 35.0 Å². The van der Waals surface area contributed by atoms with Gasteiger partial charge in [-0.25, -0.2) is 0 Å². The van der Waals surface area contributed by atoms with Gasteiger partial charge >= 0.3 is 0 Å². The maximum atomic E-state index is 13.1. The average molecular weight is 438 g/mol. The molecule has 2 aromatic heterocycles. The first kappa shape index (κ1) is 22.6. The Morgan fingerprint density at radius 1 is 1.38 bits per heavy atom. The fourth-order valence-corrected chi connectivity index (χ4v) is 4.68. The number of hydrogen-bond acceptors (Lipinski definition) is 5. The number of aryl methyl sites for hydroxylation is 1. The van der Waals surface area contributed by atoms with Crippen LogP contribution < -0.4 is 10.6 Å². The van der Waals surface area contributed by atoms with E-state index in [9.17, 15) is 4.79 Å². The van der Waals surface area contributed by atoms with Crippen molar-refractivity contribution in [3.63, 3.8) is 0 Å². The SMILES string of the molecule is Cc1cc(Cn2cc3c4c(cccc42)[C@H](CC(C)C)N[C@H](C(=O)NCCN(C)C)C3)no1. The molecule has 7 heteroatoms. The van der Waals surface area contributed by atoms with E-state index in [1.165, 1.54) is 22.0 Å². The number of nitrogens with zero attached hydrogens (tertiary/aromatic N) is 3. The number of hydrogen-bond donors (Lipinski definition) is 2. The molecule has 1 aliphatic heterocycles. The fraction of sp³-hybridized carbons (Fsp3) is 0.520. The smallest absolute Gasteiger partial charge is 0.237 e. The van der Waals surface area contributed by atoms with Crippen LogP contribution in [0.5, 0.6) is 0 Å². The maximum Gasteiger partial charge on any atom is 0.237 e. The van der Waals surface area contributed by atoms with Crippen LogP contribution in [-0.2, 0) is 17.8 Å². The second kappa shape index (κ2) is 9.46. The first-order chi connectivity index (χ1) is 15.3. The lowest BCUT2D eigenvalue weighted by molar-refractivity contribution is -0.123. The van der Waals surface area contributed by atoms with Gasteiger partial charge in [-0.1, -0.05) is 31.1 Å². The molecule has 3 heterocycles. The van der Waals surface area contributed by atoms with Crippen molar-refractivity contribution in [2.45, 2.75) is 52.2 Å². The van der Waals surface area contributed by atoms with Crippen LogP contribution in [0.1, 0.15) is 48.9 Å². The maximum absolute atomic E-state index is 13.1. The normalized spacial score (nSPS) is 18.5. The van der Waals surface area contributed by atoms with Gasteiger partial charge < -0.3 is 19.3 Å². The molecule has 2 N–H and O–H groups in total. The van der Waals surface area contributed by atoms with Gasteiger partial charge in [0.1, 0.15) is 11.5 Å².